The van der Waals surface area contributed by atoms with Crippen molar-refractivity contribution in [2.45, 2.75) is 94.9 Å². The lowest BCUT2D eigenvalue weighted by Crippen LogP contribution is -2.74. The maximum Gasteiger partial charge on any atom is 0.263 e. The SMILES string of the molecule is C#CCOCCOCCNC(=O)CCC(CCC(=O)NCCOCCOCC#C)(CCC(=O)NCCOCCOCC#C)NC(=O)C12CC(OP(=O)(SC)C(C)(C)C)(C1)C2. The number of terminal acetylenes is 3. The van der Waals surface area contributed by atoms with E-state index in [9.17, 15) is 23.7 Å². The molecule has 1 atom stereocenters. The minimum absolute atomic E-state index is 0.00249. The van der Waals surface area contributed by atoms with Gasteiger partial charge >= 0.3 is 0 Å². The highest BCUT2D eigenvalue weighted by Gasteiger charge is 2.74. The Balaban J connectivity index is 2.16. The highest BCUT2D eigenvalue weighted by molar-refractivity contribution is 8.56. The van der Waals surface area contributed by atoms with Gasteiger partial charge in [0.2, 0.25) is 23.6 Å². The molecule has 3 rings (SSSR count). The third kappa shape index (κ3) is 18.9. The standard InChI is InChI=1S/C42H67N4O12PS/c1-8-20-52-26-29-55-23-17-43-35(47)11-14-41(15-12-36(48)44-18-24-56-30-27-53-21-9-2,16-13-37(49)45-19-25-57-31-28-54-22-10-3)46-38(50)40-32-42(33-40,34-40)58-59(51,60-7)39(4,5)6/h1-3H,11-34H2,4-7H3,(H,43,47)(H,44,48)(H,45,49)(H,46,50). The van der Waals surface area contributed by atoms with E-state index in [1.54, 1.807) is 6.26 Å². The molecular weight excluding hydrogens is 816 g/mol. The van der Waals surface area contributed by atoms with Gasteiger partial charge < -0.3 is 54.2 Å². The molecule has 0 aromatic rings. The van der Waals surface area contributed by atoms with Gasteiger partial charge in [0.05, 0.1) is 70.5 Å². The van der Waals surface area contributed by atoms with Crippen molar-refractivity contribution in [1.29, 1.82) is 0 Å². The molecule has 2 bridgehead atoms. The maximum absolute atomic E-state index is 14.3. The third-order valence-corrected chi connectivity index (χ3v) is 16.1. The number of hydrogen-bond donors (Lipinski definition) is 4. The van der Waals surface area contributed by atoms with E-state index in [1.807, 2.05) is 20.8 Å². The van der Waals surface area contributed by atoms with Gasteiger partial charge in [-0.25, -0.2) is 0 Å². The number of hydrogen-bond acceptors (Lipinski definition) is 13. The second-order valence-electron chi connectivity index (χ2n) is 15.8. The Labute approximate surface area is 361 Å². The Morgan fingerprint density at radius 1 is 0.617 bits per heavy atom. The largest absolute Gasteiger partial charge is 0.377 e. The Bertz CT molecular complexity index is 1400. The number of rotatable bonds is 35. The van der Waals surface area contributed by atoms with Gasteiger partial charge in [0.15, 0.2) is 0 Å². The van der Waals surface area contributed by atoms with E-state index in [2.05, 4.69) is 39.0 Å². The van der Waals surface area contributed by atoms with E-state index in [1.165, 1.54) is 11.4 Å². The van der Waals surface area contributed by atoms with Crippen molar-refractivity contribution in [2.24, 2.45) is 5.41 Å². The minimum Gasteiger partial charge on any atom is -0.377 e. The molecular formula is C42H67N4O12PS. The smallest absolute Gasteiger partial charge is 0.263 e. The molecule has 16 nitrogen and oxygen atoms in total. The van der Waals surface area contributed by atoms with Crippen molar-refractivity contribution in [3.05, 3.63) is 0 Å². The zero-order valence-corrected chi connectivity index (χ0v) is 37.7. The summed E-state index contributed by atoms with van der Waals surface area (Å²) in [7, 11) is 0. The number of amides is 4. The Hall–Kier alpha value is -3.14. The van der Waals surface area contributed by atoms with Crippen LogP contribution >= 0.6 is 18.0 Å². The predicted octanol–water partition coefficient (Wildman–Crippen LogP) is 2.82. The second-order valence-corrected chi connectivity index (χ2v) is 21.2. The van der Waals surface area contributed by atoms with Crippen molar-refractivity contribution >= 4 is 41.6 Å². The van der Waals surface area contributed by atoms with Crippen molar-refractivity contribution in [3.63, 3.8) is 0 Å². The van der Waals surface area contributed by atoms with Gasteiger partial charge in [-0.05, 0) is 44.8 Å². The van der Waals surface area contributed by atoms with Crippen LogP contribution in [-0.2, 0) is 56.7 Å². The quantitative estimate of drug-likeness (QED) is 0.0413. The molecule has 3 saturated carbocycles. The van der Waals surface area contributed by atoms with E-state index in [4.69, 9.17) is 52.2 Å². The van der Waals surface area contributed by atoms with Crippen LogP contribution in [0.1, 0.15) is 78.6 Å². The van der Waals surface area contributed by atoms with Gasteiger partial charge in [-0.2, -0.15) is 0 Å². The highest BCUT2D eigenvalue weighted by Crippen LogP contribution is 2.78. The van der Waals surface area contributed by atoms with Crippen LogP contribution in [0.3, 0.4) is 0 Å². The number of ether oxygens (including phenoxy) is 6. The Kier molecular flexibility index (Phi) is 24.5. The summed E-state index contributed by atoms with van der Waals surface area (Å²) in [5, 5.41) is 11.2. The summed E-state index contributed by atoms with van der Waals surface area (Å²) in [6, 6.07) is 0. The number of nitrogens with one attached hydrogen (secondary N) is 4. The van der Waals surface area contributed by atoms with Crippen LogP contribution in [-0.4, -0.2) is 145 Å². The highest BCUT2D eigenvalue weighted by atomic mass is 32.7. The van der Waals surface area contributed by atoms with E-state index >= 15 is 0 Å². The lowest BCUT2D eigenvalue weighted by Gasteiger charge is -2.69. The van der Waals surface area contributed by atoms with E-state index in [0.717, 1.165) is 0 Å². The first-order chi connectivity index (χ1) is 28.6. The van der Waals surface area contributed by atoms with Gasteiger partial charge in [0.25, 0.3) is 6.57 Å². The van der Waals surface area contributed by atoms with Crippen molar-refractivity contribution in [2.75, 3.05) is 105 Å². The van der Waals surface area contributed by atoms with E-state index in [0.29, 0.717) is 58.9 Å². The van der Waals surface area contributed by atoms with Crippen LogP contribution in [0.15, 0.2) is 0 Å². The van der Waals surface area contributed by atoms with Gasteiger partial charge in [-0.1, -0.05) is 49.9 Å². The van der Waals surface area contributed by atoms with Crippen LogP contribution in [0.4, 0.5) is 0 Å². The molecule has 18 heteroatoms. The first-order valence-electron chi connectivity index (χ1n) is 20.4. The topological polar surface area (TPSA) is 198 Å². The minimum atomic E-state index is -3.08. The molecule has 0 heterocycles. The summed E-state index contributed by atoms with van der Waals surface area (Å²) in [4.78, 5) is 53.7. The third-order valence-electron chi connectivity index (χ3n) is 10.1. The zero-order chi connectivity index (χ0) is 44.4. The molecule has 3 aliphatic rings. The summed E-state index contributed by atoms with van der Waals surface area (Å²) in [6.45, 7) is 6.55. The van der Waals surface area contributed by atoms with Crippen molar-refractivity contribution in [3.8, 4) is 37.0 Å². The van der Waals surface area contributed by atoms with Gasteiger partial charge in [0.1, 0.15) is 19.8 Å². The molecule has 4 N–H and O–H groups in total. The molecule has 60 heavy (non-hydrogen) atoms. The van der Waals surface area contributed by atoms with E-state index in [-0.39, 0.29) is 121 Å². The van der Waals surface area contributed by atoms with Gasteiger partial charge in [-0.3, -0.25) is 23.7 Å². The molecule has 0 aliphatic heterocycles. The predicted molar refractivity (Wildman–Crippen MR) is 230 cm³/mol. The van der Waals surface area contributed by atoms with Crippen molar-refractivity contribution < 1.29 is 56.7 Å². The van der Waals surface area contributed by atoms with E-state index < -0.39 is 28.3 Å². The molecule has 338 valence electrons. The fraction of sp³-hybridized carbons (Fsp3) is 0.762. The molecule has 0 saturated heterocycles. The Morgan fingerprint density at radius 2 is 0.967 bits per heavy atom. The molecule has 0 aromatic heterocycles. The van der Waals surface area contributed by atoms with Gasteiger partial charge in [0, 0.05) is 49.6 Å². The molecule has 3 aliphatic carbocycles. The van der Waals surface area contributed by atoms with Crippen LogP contribution in [0.5, 0.6) is 0 Å². The fourth-order valence-corrected chi connectivity index (χ4v) is 10.8. The molecule has 1 unspecified atom stereocenters. The first-order valence-corrected chi connectivity index (χ1v) is 23.8. The second kappa shape index (κ2) is 27.7. The normalized spacial score (nSPS) is 18.9. The monoisotopic (exact) mass is 882 g/mol. The molecule has 3 fully saturated rings. The van der Waals surface area contributed by atoms with Crippen LogP contribution in [0.2, 0.25) is 0 Å². The number of carbonyl (C=O) groups is 4. The zero-order valence-electron chi connectivity index (χ0n) is 36.0. The van der Waals surface area contributed by atoms with Crippen molar-refractivity contribution in [1.82, 2.24) is 21.3 Å². The summed E-state index contributed by atoms with van der Waals surface area (Å²) in [5.74, 6) is 6.04. The molecule has 0 aromatic carbocycles. The molecule has 0 radical (unpaired) electrons. The summed E-state index contributed by atoms with van der Waals surface area (Å²) < 4.78 is 52.1. The summed E-state index contributed by atoms with van der Waals surface area (Å²) in [5.41, 5.74) is -2.51. The lowest BCUT2D eigenvalue weighted by atomic mass is 9.41. The average Bonchev–Trinajstić information content (AvgIpc) is 3.18. The first kappa shape index (κ1) is 53.0. The average molecular weight is 883 g/mol. The molecule has 0 spiro atoms. The van der Waals surface area contributed by atoms with Gasteiger partial charge in [-0.15, -0.1) is 19.3 Å². The van der Waals surface area contributed by atoms with Crippen LogP contribution in [0, 0.1) is 42.4 Å². The van der Waals surface area contributed by atoms with Crippen LogP contribution in [0.25, 0.3) is 0 Å². The summed E-state index contributed by atoms with van der Waals surface area (Å²) >= 11 is 1.22. The number of carbonyl (C=O) groups excluding carboxylic acids is 4. The maximum atomic E-state index is 14.3. The molecule has 4 amide bonds. The fourth-order valence-electron chi connectivity index (χ4n) is 6.84. The Morgan fingerprint density at radius 3 is 1.28 bits per heavy atom. The van der Waals surface area contributed by atoms with Crippen LogP contribution < -0.4 is 21.3 Å². The lowest BCUT2D eigenvalue weighted by molar-refractivity contribution is -0.236. The summed E-state index contributed by atoms with van der Waals surface area (Å²) in [6.07, 6.45) is 19.0.